The lowest BCUT2D eigenvalue weighted by atomic mass is 10.1. The van der Waals surface area contributed by atoms with Crippen LogP contribution < -0.4 is 9.80 Å². The van der Waals surface area contributed by atoms with E-state index in [2.05, 4.69) is 0 Å². The summed E-state index contributed by atoms with van der Waals surface area (Å²) in [5, 5.41) is 0. The third-order valence-electron chi connectivity index (χ3n) is 4.03. The third kappa shape index (κ3) is 4.24. The fraction of sp³-hybridized carbons (Fsp3) is 0.412. The van der Waals surface area contributed by atoms with Gasteiger partial charge in [-0.15, -0.1) is 12.4 Å². The number of hydrogen-bond donors (Lipinski definition) is 0. The van der Waals surface area contributed by atoms with Crippen molar-refractivity contribution in [3.63, 3.8) is 0 Å². The molecule has 0 N–H and O–H groups in total. The highest BCUT2D eigenvalue weighted by Crippen LogP contribution is 2.31. The zero-order valence-corrected chi connectivity index (χ0v) is 14.9. The van der Waals surface area contributed by atoms with Crippen molar-refractivity contribution in [1.29, 1.82) is 0 Å². The van der Waals surface area contributed by atoms with Gasteiger partial charge in [-0.3, -0.25) is 9.69 Å². The predicted octanol–water partition coefficient (Wildman–Crippen LogP) is 3.04. The second-order valence-electron chi connectivity index (χ2n) is 5.88. The number of carbonyl (C=O) groups excluding carboxylic acids is 2. The molecule has 1 atom stereocenters. The van der Waals surface area contributed by atoms with Crippen LogP contribution in [0, 0.1) is 11.6 Å². The van der Waals surface area contributed by atoms with Crippen LogP contribution in [0.4, 0.5) is 25.0 Å². The molecule has 2 heterocycles. The van der Waals surface area contributed by atoms with E-state index in [4.69, 9.17) is 9.47 Å². The van der Waals surface area contributed by atoms with Gasteiger partial charge in [-0.25, -0.2) is 13.6 Å². The molecular weight excluding hydrogens is 370 g/mol. The molecule has 1 aromatic rings. The first-order chi connectivity index (χ1) is 12.0. The quantitative estimate of drug-likeness (QED) is 0.586. The molecule has 9 heteroatoms. The maximum Gasteiger partial charge on any atom is 0.414 e. The average Bonchev–Trinajstić information content (AvgIpc) is 2.94. The summed E-state index contributed by atoms with van der Waals surface area (Å²) in [7, 11) is 0. The van der Waals surface area contributed by atoms with Gasteiger partial charge in [0, 0.05) is 32.1 Å². The summed E-state index contributed by atoms with van der Waals surface area (Å²) >= 11 is 0. The van der Waals surface area contributed by atoms with Crippen LogP contribution in [0.3, 0.4) is 0 Å². The van der Waals surface area contributed by atoms with E-state index in [0.29, 0.717) is 13.1 Å². The van der Waals surface area contributed by atoms with Crippen LogP contribution in [0.15, 0.2) is 24.3 Å². The molecule has 2 aliphatic heterocycles. The molecule has 0 aromatic heterocycles. The number of esters is 1. The van der Waals surface area contributed by atoms with Crippen molar-refractivity contribution in [3.05, 3.63) is 35.9 Å². The number of nitrogens with zero attached hydrogens (tertiary/aromatic N) is 2. The molecular formula is C17H19ClF2N2O4. The van der Waals surface area contributed by atoms with Gasteiger partial charge in [0.2, 0.25) is 0 Å². The highest BCUT2D eigenvalue weighted by molar-refractivity contribution is 5.90. The van der Waals surface area contributed by atoms with Crippen LogP contribution in [-0.4, -0.2) is 44.4 Å². The first-order valence-corrected chi connectivity index (χ1v) is 7.96. The number of benzene rings is 1. The standard InChI is InChI=1S/C17H18F2N2O4.ClH/c1-11(22)24-10-13-9-21(17(23)25-13)12-7-14(18)16(15(19)8-12)20-5-3-2-4-6-20;/h2-3,7-8,13H,4-6,9-10H2,1H3;1H/t13-;/m1./s1. The van der Waals surface area contributed by atoms with E-state index in [1.165, 1.54) is 6.92 Å². The Morgan fingerprint density at radius 1 is 1.31 bits per heavy atom. The SMILES string of the molecule is CC(=O)OC[C@H]1CN(c2cc(F)c(N3CC=CCC3)c(F)c2)C(=O)O1.Cl. The van der Waals surface area contributed by atoms with Gasteiger partial charge < -0.3 is 14.4 Å². The van der Waals surface area contributed by atoms with Gasteiger partial charge in [0.1, 0.15) is 12.3 Å². The number of carbonyl (C=O) groups is 2. The van der Waals surface area contributed by atoms with E-state index in [-0.39, 0.29) is 36.9 Å². The highest BCUT2D eigenvalue weighted by Gasteiger charge is 2.34. The maximum atomic E-state index is 14.5. The number of ether oxygens (including phenoxy) is 2. The summed E-state index contributed by atoms with van der Waals surface area (Å²) in [5.41, 5.74) is -0.0289. The molecule has 1 saturated heterocycles. The summed E-state index contributed by atoms with van der Waals surface area (Å²) in [6.45, 7) is 2.16. The summed E-state index contributed by atoms with van der Waals surface area (Å²) < 4.78 is 38.8. The van der Waals surface area contributed by atoms with Crippen LogP contribution in [0.1, 0.15) is 13.3 Å². The largest absolute Gasteiger partial charge is 0.462 e. The van der Waals surface area contributed by atoms with Gasteiger partial charge in [-0.2, -0.15) is 0 Å². The minimum atomic E-state index is -0.735. The van der Waals surface area contributed by atoms with Crippen LogP contribution in [0.5, 0.6) is 0 Å². The Morgan fingerprint density at radius 3 is 2.58 bits per heavy atom. The summed E-state index contributed by atoms with van der Waals surface area (Å²) in [4.78, 5) is 25.5. The van der Waals surface area contributed by atoms with Crippen LogP contribution in [-0.2, 0) is 14.3 Å². The van der Waals surface area contributed by atoms with Crippen LogP contribution in [0.25, 0.3) is 0 Å². The average molecular weight is 389 g/mol. The van der Waals surface area contributed by atoms with E-state index >= 15 is 0 Å². The molecule has 0 spiro atoms. The lowest BCUT2D eigenvalue weighted by Crippen LogP contribution is -2.30. The monoisotopic (exact) mass is 388 g/mol. The van der Waals surface area contributed by atoms with Crippen molar-refractivity contribution in [1.82, 2.24) is 0 Å². The fourth-order valence-electron chi connectivity index (χ4n) is 2.88. The van der Waals surface area contributed by atoms with Crippen LogP contribution >= 0.6 is 12.4 Å². The maximum absolute atomic E-state index is 14.5. The number of anilines is 2. The smallest absolute Gasteiger partial charge is 0.414 e. The Balaban J connectivity index is 0.00000243. The summed E-state index contributed by atoms with van der Waals surface area (Å²) in [6, 6.07) is 2.23. The molecule has 1 fully saturated rings. The third-order valence-corrected chi connectivity index (χ3v) is 4.03. The Kier molecular flexibility index (Phi) is 6.42. The molecule has 26 heavy (non-hydrogen) atoms. The minimum absolute atomic E-state index is 0. The zero-order chi connectivity index (χ0) is 18.0. The summed E-state index contributed by atoms with van der Waals surface area (Å²) in [6.07, 6.45) is 3.13. The predicted molar refractivity (Wildman–Crippen MR) is 93.8 cm³/mol. The molecule has 1 aromatic carbocycles. The van der Waals surface area contributed by atoms with Gasteiger partial charge in [0.05, 0.1) is 12.2 Å². The van der Waals surface area contributed by atoms with Crippen molar-refractivity contribution in [2.75, 3.05) is 36.0 Å². The molecule has 142 valence electrons. The first kappa shape index (κ1) is 20.0. The molecule has 2 aliphatic rings. The number of halogens is 3. The Morgan fingerprint density at radius 2 is 2.00 bits per heavy atom. The topological polar surface area (TPSA) is 59.1 Å². The molecule has 3 rings (SSSR count). The molecule has 6 nitrogen and oxygen atoms in total. The normalized spacial score (nSPS) is 19.2. The van der Waals surface area contributed by atoms with Crippen molar-refractivity contribution >= 4 is 35.8 Å². The fourth-order valence-corrected chi connectivity index (χ4v) is 2.88. The zero-order valence-electron chi connectivity index (χ0n) is 14.1. The van der Waals surface area contributed by atoms with E-state index < -0.39 is 29.8 Å². The van der Waals surface area contributed by atoms with Crippen molar-refractivity contribution in [2.45, 2.75) is 19.4 Å². The lowest BCUT2D eigenvalue weighted by Gasteiger charge is -2.27. The first-order valence-electron chi connectivity index (χ1n) is 7.96. The second-order valence-corrected chi connectivity index (χ2v) is 5.88. The minimum Gasteiger partial charge on any atom is -0.462 e. The molecule has 0 saturated carbocycles. The second kappa shape index (κ2) is 8.35. The number of amides is 1. The van der Waals surface area contributed by atoms with E-state index in [1.807, 2.05) is 12.2 Å². The van der Waals surface area contributed by atoms with Crippen molar-refractivity contribution in [2.24, 2.45) is 0 Å². The van der Waals surface area contributed by atoms with E-state index in [9.17, 15) is 18.4 Å². The molecule has 0 aliphatic carbocycles. The van der Waals surface area contributed by atoms with Crippen molar-refractivity contribution < 1.29 is 27.8 Å². The Labute approximate surface area is 155 Å². The molecule has 0 unspecified atom stereocenters. The van der Waals surface area contributed by atoms with Gasteiger partial charge in [-0.05, 0) is 6.42 Å². The van der Waals surface area contributed by atoms with Crippen molar-refractivity contribution in [3.8, 4) is 0 Å². The molecule has 0 bridgehead atoms. The van der Waals surface area contributed by atoms with Gasteiger partial charge >= 0.3 is 12.1 Å². The Hall–Kier alpha value is -2.35. The molecule has 0 radical (unpaired) electrons. The van der Waals surface area contributed by atoms with Gasteiger partial charge in [0.15, 0.2) is 17.7 Å². The van der Waals surface area contributed by atoms with E-state index in [0.717, 1.165) is 23.5 Å². The number of hydrogen-bond acceptors (Lipinski definition) is 5. The van der Waals surface area contributed by atoms with E-state index in [1.54, 1.807) is 4.90 Å². The number of cyclic esters (lactones) is 1. The summed E-state index contributed by atoms with van der Waals surface area (Å²) in [5.74, 6) is -1.96. The Bertz CT molecular complexity index is 706. The van der Waals surface area contributed by atoms with Gasteiger partial charge in [-0.1, -0.05) is 12.2 Å². The van der Waals surface area contributed by atoms with Gasteiger partial charge in [0.25, 0.3) is 0 Å². The molecule has 1 amide bonds. The lowest BCUT2D eigenvalue weighted by molar-refractivity contribution is -0.143. The number of rotatable bonds is 4. The van der Waals surface area contributed by atoms with Crippen LogP contribution in [0.2, 0.25) is 0 Å². The highest BCUT2D eigenvalue weighted by atomic mass is 35.5.